The SMILES string of the molecule is Cn1nnc(C2CN(S(=O)(=O)c3ccc(F)c(Cl)c3)CCO2)n1. The minimum absolute atomic E-state index is 0.0447. The van der Waals surface area contributed by atoms with E-state index in [0.717, 1.165) is 12.1 Å². The summed E-state index contributed by atoms with van der Waals surface area (Å²) in [5, 5.41) is 11.3. The van der Waals surface area contributed by atoms with Gasteiger partial charge in [-0.05, 0) is 23.4 Å². The second-order valence-electron chi connectivity index (χ2n) is 4.94. The van der Waals surface area contributed by atoms with Gasteiger partial charge in [-0.15, -0.1) is 10.2 Å². The first-order chi connectivity index (χ1) is 10.9. The molecule has 1 aromatic heterocycles. The molecule has 0 aliphatic carbocycles. The molecule has 1 fully saturated rings. The minimum Gasteiger partial charge on any atom is -0.367 e. The van der Waals surface area contributed by atoms with Crippen LogP contribution in [-0.2, 0) is 21.8 Å². The fourth-order valence-electron chi connectivity index (χ4n) is 2.21. The van der Waals surface area contributed by atoms with Gasteiger partial charge in [0, 0.05) is 13.1 Å². The van der Waals surface area contributed by atoms with Crippen molar-refractivity contribution < 1.29 is 17.5 Å². The Hall–Kier alpha value is -1.62. The third kappa shape index (κ3) is 3.20. The summed E-state index contributed by atoms with van der Waals surface area (Å²) in [4.78, 5) is 1.20. The van der Waals surface area contributed by atoms with Gasteiger partial charge in [0.15, 0.2) is 0 Å². The van der Waals surface area contributed by atoms with Gasteiger partial charge in [0.2, 0.25) is 15.8 Å². The van der Waals surface area contributed by atoms with E-state index in [1.165, 1.54) is 15.2 Å². The van der Waals surface area contributed by atoms with E-state index in [0.29, 0.717) is 5.82 Å². The monoisotopic (exact) mass is 361 g/mol. The van der Waals surface area contributed by atoms with Crippen LogP contribution in [0, 0.1) is 5.82 Å². The van der Waals surface area contributed by atoms with Crippen LogP contribution in [0.4, 0.5) is 4.39 Å². The number of hydrogen-bond donors (Lipinski definition) is 0. The van der Waals surface area contributed by atoms with Crippen LogP contribution in [0.1, 0.15) is 11.9 Å². The van der Waals surface area contributed by atoms with Gasteiger partial charge in [0.05, 0.1) is 23.6 Å². The zero-order chi connectivity index (χ0) is 16.6. The van der Waals surface area contributed by atoms with Crippen LogP contribution in [0.5, 0.6) is 0 Å². The van der Waals surface area contributed by atoms with E-state index in [2.05, 4.69) is 15.4 Å². The van der Waals surface area contributed by atoms with Crippen molar-refractivity contribution in [3.05, 3.63) is 34.9 Å². The zero-order valence-corrected chi connectivity index (χ0v) is 13.6. The Balaban J connectivity index is 1.86. The molecule has 1 aliphatic rings. The summed E-state index contributed by atoms with van der Waals surface area (Å²) in [7, 11) is -2.21. The molecule has 0 amide bonds. The molecule has 0 N–H and O–H groups in total. The smallest absolute Gasteiger partial charge is 0.243 e. The van der Waals surface area contributed by atoms with Crippen LogP contribution < -0.4 is 0 Å². The molecular weight excluding hydrogens is 349 g/mol. The molecule has 2 aromatic rings. The van der Waals surface area contributed by atoms with Gasteiger partial charge in [0.1, 0.15) is 11.9 Å². The van der Waals surface area contributed by atoms with Crippen LogP contribution in [-0.4, -0.2) is 52.6 Å². The third-order valence-electron chi connectivity index (χ3n) is 3.37. The number of sulfonamides is 1. The molecule has 1 saturated heterocycles. The molecule has 1 aliphatic heterocycles. The molecule has 0 saturated carbocycles. The first-order valence-corrected chi connectivity index (χ1v) is 8.50. The lowest BCUT2D eigenvalue weighted by Crippen LogP contribution is -2.42. The van der Waals surface area contributed by atoms with E-state index in [1.54, 1.807) is 7.05 Å². The maximum Gasteiger partial charge on any atom is 0.243 e. The van der Waals surface area contributed by atoms with E-state index in [-0.39, 0.29) is 29.6 Å². The molecule has 11 heteroatoms. The molecule has 3 rings (SSSR count). The molecule has 0 bridgehead atoms. The summed E-state index contributed by atoms with van der Waals surface area (Å²) in [5.74, 6) is -0.362. The fourth-order valence-corrected chi connectivity index (χ4v) is 3.91. The highest BCUT2D eigenvalue weighted by molar-refractivity contribution is 7.89. The Labute approximate surface area is 136 Å². The molecule has 0 radical (unpaired) electrons. The second kappa shape index (κ2) is 6.11. The van der Waals surface area contributed by atoms with Crippen molar-refractivity contribution in [3.8, 4) is 0 Å². The highest BCUT2D eigenvalue weighted by atomic mass is 35.5. The first kappa shape index (κ1) is 16.2. The maximum atomic E-state index is 13.2. The standard InChI is InChI=1S/C12H13ClFN5O3S/c1-18-16-12(15-17-18)11-7-19(4-5-22-11)23(20,21)8-2-3-10(14)9(13)6-8/h2-3,6,11H,4-5,7H2,1H3. The summed E-state index contributed by atoms with van der Waals surface area (Å²) in [5.41, 5.74) is 0. The number of nitrogens with zero attached hydrogens (tertiary/aromatic N) is 5. The lowest BCUT2D eigenvalue weighted by Gasteiger charge is -2.30. The van der Waals surface area contributed by atoms with Gasteiger partial charge in [0.25, 0.3) is 0 Å². The number of aryl methyl sites for hydroxylation is 1. The summed E-state index contributed by atoms with van der Waals surface area (Å²) >= 11 is 5.67. The van der Waals surface area contributed by atoms with Crippen molar-refractivity contribution >= 4 is 21.6 Å². The fraction of sp³-hybridized carbons (Fsp3) is 0.417. The van der Waals surface area contributed by atoms with Gasteiger partial charge in [-0.2, -0.15) is 9.10 Å². The Morgan fingerprint density at radius 2 is 2.22 bits per heavy atom. The van der Waals surface area contributed by atoms with Gasteiger partial charge in [-0.1, -0.05) is 11.6 Å². The predicted molar refractivity (Wildman–Crippen MR) is 77.7 cm³/mol. The summed E-state index contributed by atoms with van der Waals surface area (Å²) < 4.78 is 45.3. The van der Waals surface area contributed by atoms with Crippen LogP contribution in [0.25, 0.3) is 0 Å². The van der Waals surface area contributed by atoms with E-state index in [4.69, 9.17) is 16.3 Å². The van der Waals surface area contributed by atoms with Crippen LogP contribution in [0.2, 0.25) is 5.02 Å². The number of ether oxygens (including phenoxy) is 1. The highest BCUT2D eigenvalue weighted by Crippen LogP contribution is 2.26. The quantitative estimate of drug-likeness (QED) is 0.802. The Bertz CT molecular complexity index is 828. The predicted octanol–water partition coefficient (Wildman–Crippen LogP) is 0.765. The highest BCUT2D eigenvalue weighted by Gasteiger charge is 2.33. The van der Waals surface area contributed by atoms with E-state index in [1.807, 2.05) is 0 Å². The summed E-state index contributed by atoms with van der Waals surface area (Å²) in [6, 6.07) is 3.30. The Morgan fingerprint density at radius 1 is 1.43 bits per heavy atom. The summed E-state index contributed by atoms with van der Waals surface area (Å²) in [6.45, 7) is 0.411. The van der Waals surface area contributed by atoms with Gasteiger partial charge >= 0.3 is 0 Å². The van der Waals surface area contributed by atoms with Gasteiger partial charge < -0.3 is 4.74 Å². The molecular formula is C12H13ClFN5O3S. The number of tetrazole rings is 1. The Kier molecular flexibility index (Phi) is 4.32. The topological polar surface area (TPSA) is 90.2 Å². The molecule has 23 heavy (non-hydrogen) atoms. The van der Waals surface area contributed by atoms with E-state index < -0.39 is 21.9 Å². The lowest BCUT2D eigenvalue weighted by atomic mass is 10.3. The average molecular weight is 362 g/mol. The number of rotatable bonds is 3. The van der Waals surface area contributed by atoms with Gasteiger partial charge in [-0.3, -0.25) is 0 Å². The van der Waals surface area contributed by atoms with Crippen molar-refractivity contribution in [1.29, 1.82) is 0 Å². The molecule has 0 spiro atoms. The van der Waals surface area contributed by atoms with Crippen molar-refractivity contribution in [2.45, 2.75) is 11.0 Å². The van der Waals surface area contributed by atoms with Gasteiger partial charge in [-0.25, -0.2) is 12.8 Å². The molecule has 124 valence electrons. The number of halogens is 2. The molecule has 1 atom stereocenters. The van der Waals surface area contributed by atoms with Crippen molar-refractivity contribution in [1.82, 2.24) is 24.5 Å². The third-order valence-corrected chi connectivity index (χ3v) is 5.52. The van der Waals surface area contributed by atoms with Crippen molar-refractivity contribution in [2.75, 3.05) is 19.7 Å². The minimum atomic E-state index is -3.82. The largest absolute Gasteiger partial charge is 0.367 e. The summed E-state index contributed by atoms with van der Waals surface area (Å²) in [6.07, 6.45) is -0.608. The van der Waals surface area contributed by atoms with Crippen LogP contribution in [0.15, 0.2) is 23.1 Å². The first-order valence-electron chi connectivity index (χ1n) is 6.68. The average Bonchev–Trinajstić information content (AvgIpc) is 2.96. The number of morpholine rings is 1. The van der Waals surface area contributed by atoms with E-state index in [9.17, 15) is 12.8 Å². The second-order valence-corrected chi connectivity index (χ2v) is 7.28. The molecule has 8 nitrogen and oxygen atoms in total. The molecule has 1 unspecified atom stereocenters. The van der Waals surface area contributed by atoms with Crippen LogP contribution >= 0.6 is 11.6 Å². The van der Waals surface area contributed by atoms with E-state index >= 15 is 0 Å². The number of benzene rings is 1. The maximum absolute atomic E-state index is 13.2. The normalized spacial score (nSPS) is 19.9. The lowest BCUT2D eigenvalue weighted by molar-refractivity contribution is -0.00765. The molecule has 1 aromatic carbocycles. The molecule has 2 heterocycles. The zero-order valence-electron chi connectivity index (χ0n) is 12.1. The van der Waals surface area contributed by atoms with Crippen LogP contribution in [0.3, 0.4) is 0 Å². The van der Waals surface area contributed by atoms with Crippen molar-refractivity contribution in [3.63, 3.8) is 0 Å². The number of hydrogen-bond acceptors (Lipinski definition) is 6. The number of aromatic nitrogens is 4. The van der Waals surface area contributed by atoms with Crippen molar-refractivity contribution in [2.24, 2.45) is 7.05 Å². The Morgan fingerprint density at radius 3 is 2.87 bits per heavy atom.